The lowest BCUT2D eigenvalue weighted by molar-refractivity contribution is 0.879. The second kappa shape index (κ2) is 3.89. The molecule has 0 aliphatic carbocycles. The molecule has 0 N–H and O–H groups in total. The third-order valence-electron chi connectivity index (χ3n) is 2.96. The molecule has 0 aliphatic heterocycles. The second-order valence-electron chi connectivity index (χ2n) is 3.24. The van der Waals surface area contributed by atoms with Crippen molar-refractivity contribution in [2.75, 3.05) is 0 Å². The Bertz CT molecular complexity index is 206. The lowest BCUT2D eigenvalue weighted by Crippen LogP contribution is -2.41. The molecule has 0 fully saturated rings. The minimum absolute atomic E-state index is 1.24. The van der Waals surface area contributed by atoms with Crippen molar-refractivity contribution in [3.05, 3.63) is 18.5 Å². The van der Waals surface area contributed by atoms with Crippen LogP contribution in [-0.4, -0.2) is 17.7 Å². The Morgan fingerprint density at radius 1 is 1.17 bits per heavy atom. The summed E-state index contributed by atoms with van der Waals surface area (Å²) in [5.41, 5.74) is 0. The van der Waals surface area contributed by atoms with Gasteiger partial charge < -0.3 is 4.35 Å². The Hall–Kier alpha value is -0.573. The van der Waals surface area contributed by atoms with Crippen LogP contribution < -0.4 is 0 Å². The highest BCUT2D eigenvalue weighted by atomic mass is 28.3. The third kappa shape index (κ3) is 1.46. The van der Waals surface area contributed by atoms with Gasteiger partial charge in [0.15, 0.2) is 8.24 Å². The summed E-state index contributed by atoms with van der Waals surface area (Å²) in [7, 11) is -1.24. The SMILES string of the molecule is CC[Si](CC)(CC)n1cccn1. The van der Waals surface area contributed by atoms with E-state index in [1.54, 1.807) is 0 Å². The van der Waals surface area contributed by atoms with Gasteiger partial charge in [-0.3, -0.25) is 0 Å². The van der Waals surface area contributed by atoms with E-state index in [9.17, 15) is 0 Å². The van der Waals surface area contributed by atoms with Crippen molar-refractivity contribution in [3.8, 4) is 0 Å². The van der Waals surface area contributed by atoms with Crippen molar-refractivity contribution in [2.45, 2.75) is 38.9 Å². The van der Waals surface area contributed by atoms with E-state index < -0.39 is 8.24 Å². The van der Waals surface area contributed by atoms with Gasteiger partial charge in [-0.15, -0.1) is 0 Å². The molecule has 68 valence electrons. The molecule has 0 radical (unpaired) electrons. The Morgan fingerprint density at radius 3 is 2.08 bits per heavy atom. The predicted octanol–water partition coefficient (Wildman–Crippen LogP) is 2.74. The number of hydrogen-bond acceptors (Lipinski definition) is 1. The monoisotopic (exact) mass is 182 g/mol. The largest absolute Gasteiger partial charge is 0.301 e. The van der Waals surface area contributed by atoms with Crippen molar-refractivity contribution in [1.82, 2.24) is 9.45 Å². The van der Waals surface area contributed by atoms with Gasteiger partial charge in [0.1, 0.15) is 0 Å². The van der Waals surface area contributed by atoms with Gasteiger partial charge in [0.05, 0.1) is 0 Å². The summed E-state index contributed by atoms with van der Waals surface area (Å²) in [5.74, 6) is 0. The van der Waals surface area contributed by atoms with E-state index in [0.717, 1.165) is 0 Å². The zero-order chi connectivity index (χ0) is 9.03. The molecule has 1 rings (SSSR count). The number of rotatable bonds is 4. The van der Waals surface area contributed by atoms with Gasteiger partial charge in [0.2, 0.25) is 0 Å². The van der Waals surface area contributed by atoms with E-state index in [1.807, 2.05) is 12.3 Å². The molecule has 0 unspecified atom stereocenters. The Labute approximate surface area is 75.7 Å². The highest BCUT2D eigenvalue weighted by Gasteiger charge is 2.29. The smallest absolute Gasteiger partial charge is 0.184 e. The molecule has 12 heavy (non-hydrogen) atoms. The van der Waals surface area contributed by atoms with E-state index in [2.05, 4.69) is 36.4 Å². The first-order valence-corrected chi connectivity index (χ1v) is 7.36. The van der Waals surface area contributed by atoms with Gasteiger partial charge in [-0.2, -0.15) is 5.10 Å². The zero-order valence-electron chi connectivity index (χ0n) is 8.25. The van der Waals surface area contributed by atoms with Crippen molar-refractivity contribution < 1.29 is 0 Å². The van der Waals surface area contributed by atoms with Crippen molar-refractivity contribution in [1.29, 1.82) is 0 Å². The van der Waals surface area contributed by atoms with Gasteiger partial charge in [-0.05, 0) is 24.2 Å². The number of hydrogen-bond donors (Lipinski definition) is 0. The summed E-state index contributed by atoms with van der Waals surface area (Å²) in [6.45, 7) is 6.88. The van der Waals surface area contributed by atoms with Crippen LogP contribution in [0.3, 0.4) is 0 Å². The summed E-state index contributed by atoms with van der Waals surface area (Å²) in [6.07, 6.45) is 4.02. The van der Waals surface area contributed by atoms with Gasteiger partial charge in [0.25, 0.3) is 0 Å². The molecule has 1 aromatic rings. The molecule has 0 amide bonds. The predicted molar refractivity (Wildman–Crippen MR) is 54.8 cm³/mol. The quantitative estimate of drug-likeness (QED) is 0.655. The molecule has 0 aromatic carbocycles. The topological polar surface area (TPSA) is 17.8 Å². The molecule has 0 saturated carbocycles. The van der Waals surface area contributed by atoms with Crippen LogP contribution in [0.25, 0.3) is 0 Å². The van der Waals surface area contributed by atoms with Crippen LogP contribution in [0.4, 0.5) is 0 Å². The lowest BCUT2D eigenvalue weighted by atomic mass is 10.8. The van der Waals surface area contributed by atoms with Gasteiger partial charge in [-0.1, -0.05) is 20.8 Å². The van der Waals surface area contributed by atoms with Crippen LogP contribution in [0, 0.1) is 0 Å². The Balaban J connectivity index is 2.93. The third-order valence-corrected chi connectivity index (χ3v) is 8.15. The first-order valence-electron chi connectivity index (χ1n) is 4.79. The molecule has 0 atom stereocenters. The van der Waals surface area contributed by atoms with Crippen LogP contribution in [0.2, 0.25) is 18.1 Å². The number of aromatic nitrogens is 2. The highest BCUT2D eigenvalue weighted by molar-refractivity contribution is 6.77. The van der Waals surface area contributed by atoms with Crippen LogP contribution in [0.1, 0.15) is 20.8 Å². The van der Waals surface area contributed by atoms with E-state index >= 15 is 0 Å². The molecular formula is C9H18N2Si. The first-order chi connectivity index (χ1) is 5.79. The van der Waals surface area contributed by atoms with Gasteiger partial charge in [-0.25, -0.2) is 0 Å². The minimum Gasteiger partial charge on any atom is -0.301 e. The molecule has 0 aliphatic rings. The molecule has 0 bridgehead atoms. The zero-order valence-corrected chi connectivity index (χ0v) is 9.25. The molecule has 0 spiro atoms. The molecular weight excluding hydrogens is 164 g/mol. The molecule has 1 aromatic heterocycles. The summed E-state index contributed by atoms with van der Waals surface area (Å²) < 4.78 is 2.24. The van der Waals surface area contributed by atoms with Gasteiger partial charge >= 0.3 is 0 Å². The van der Waals surface area contributed by atoms with Crippen LogP contribution in [0.15, 0.2) is 18.5 Å². The molecule has 2 nitrogen and oxygen atoms in total. The fraction of sp³-hybridized carbons (Fsp3) is 0.667. The minimum atomic E-state index is -1.24. The maximum atomic E-state index is 4.38. The average Bonchev–Trinajstić information content (AvgIpc) is 2.62. The summed E-state index contributed by atoms with van der Waals surface area (Å²) in [6, 6.07) is 5.91. The van der Waals surface area contributed by atoms with E-state index in [-0.39, 0.29) is 0 Å². The second-order valence-corrected chi connectivity index (χ2v) is 8.26. The van der Waals surface area contributed by atoms with Crippen molar-refractivity contribution in [3.63, 3.8) is 0 Å². The number of nitrogens with zero attached hydrogens (tertiary/aromatic N) is 2. The van der Waals surface area contributed by atoms with Crippen LogP contribution in [0.5, 0.6) is 0 Å². The molecule has 3 heteroatoms. The summed E-state index contributed by atoms with van der Waals surface area (Å²) in [5, 5.41) is 4.38. The summed E-state index contributed by atoms with van der Waals surface area (Å²) >= 11 is 0. The maximum absolute atomic E-state index is 4.38. The van der Waals surface area contributed by atoms with E-state index in [4.69, 9.17) is 0 Å². The van der Waals surface area contributed by atoms with Gasteiger partial charge in [0, 0.05) is 12.4 Å². The van der Waals surface area contributed by atoms with Crippen molar-refractivity contribution >= 4 is 8.24 Å². The van der Waals surface area contributed by atoms with Crippen LogP contribution in [-0.2, 0) is 0 Å². The molecule has 0 saturated heterocycles. The Morgan fingerprint density at radius 2 is 1.75 bits per heavy atom. The highest BCUT2D eigenvalue weighted by Crippen LogP contribution is 2.20. The fourth-order valence-corrected chi connectivity index (χ4v) is 4.97. The van der Waals surface area contributed by atoms with E-state index in [1.165, 1.54) is 18.1 Å². The average molecular weight is 182 g/mol. The normalized spacial score (nSPS) is 11.9. The molecule has 1 heterocycles. The van der Waals surface area contributed by atoms with Crippen LogP contribution >= 0.6 is 0 Å². The fourth-order valence-electron chi connectivity index (χ4n) is 1.79. The summed E-state index contributed by atoms with van der Waals surface area (Å²) in [4.78, 5) is 0. The standard InChI is InChI=1S/C9H18N2Si/c1-4-12(5-2,6-3)11-9-7-8-10-11/h7-9H,4-6H2,1-3H3. The first kappa shape index (κ1) is 9.51. The Kier molecular flexibility index (Phi) is 3.09. The van der Waals surface area contributed by atoms with E-state index in [0.29, 0.717) is 0 Å². The van der Waals surface area contributed by atoms with Crippen molar-refractivity contribution in [2.24, 2.45) is 0 Å². The maximum Gasteiger partial charge on any atom is 0.184 e. The lowest BCUT2D eigenvalue weighted by Gasteiger charge is -2.27.